The third kappa shape index (κ3) is 6.26. The molecule has 0 bridgehead atoms. The van der Waals surface area contributed by atoms with Crippen LogP contribution in [0.15, 0.2) is 36.5 Å². The topological polar surface area (TPSA) is 82.2 Å². The van der Waals surface area contributed by atoms with Crippen molar-refractivity contribution < 1.29 is 9.53 Å². The Morgan fingerprint density at radius 1 is 1.26 bits per heavy atom. The van der Waals surface area contributed by atoms with Crippen LogP contribution in [0.25, 0.3) is 5.69 Å². The number of para-hydroxylation sites is 1. The van der Waals surface area contributed by atoms with Crippen LogP contribution in [0.5, 0.6) is 5.75 Å². The maximum atomic E-state index is 12.7. The van der Waals surface area contributed by atoms with Gasteiger partial charge in [0.25, 0.3) is 5.91 Å². The van der Waals surface area contributed by atoms with Gasteiger partial charge in [0.2, 0.25) is 0 Å². The summed E-state index contributed by atoms with van der Waals surface area (Å²) in [6, 6.07) is 9.65. The predicted octanol–water partition coefficient (Wildman–Crippen LogP) is 3.58. The average Bonchev–Trinajstić information content (AvgIpc) is 3.09. The lowest BCUT2D eigenvalue weighted by atomic mass is 9.94. The van der Waals surface area contributed by atoms with Gasteiger partial charge in [-0.05, 0) is 30.9 Å². The van der Waals surface area contributed by atoms with Gasteiger partial charge in [-0.15, -0.1) is 12.4 Å². The number of carbonyl (C=O) groups excluding carboxylic acids is 1. The van der Waals surface area contributed by atoms with Crippen molar-refractivity contribution >= 4 is 18.3 Å². The van der Waals surface area contributed by atoms with Gasteiger partial charge in [-0.1, -0.05) is 45.9 Å². The minimum Gasteiger partial charge on any atom is -0.489 e. The zero-order chi connectivity index (χ0) is 19.2. The number of halogens is 1. The number of nitrogens with zero attached hydrogens (tertiary/aromatic N) is 2. The molecule has 0 saturated heterocycles. The van der Waals surface area contributed by atoms with Gasteiger partial charge in [-0.3, -0.25) is 4.79 Å². The molecule has 0 unspecified atom stereocenters. The molecule has 150 valence electrons. The molecule has 1 aromatic carbocycles. The third-order valence-electron chi connectivity index (χ3n) is 4.50. The van der Waals surface area contributed by atoms with E-state index >= 15 is 0 Å². The van der Waals surface area contributed by atoms with Crippen LogP contribution in [-0.2, 0) is 0 Å². The number of aromatic nitrogens is 2. The van der Waals surface area contributed by atoms with Gasteiger partial charge in [0.1, 0.15) is 0 Å². The maximum Gasteiger partial charge on any atom is 0.275 e. The molecule has 1 aromatic heterocycles. The second kappa shape index (κ2) is 10.3. The largest absolute Gasteiger partial charge is 0.489 e. The standard InChI is InChI=1S/C20H30N4O2.ClH/c1-5-20(21,6-2)14-22-19(25)18-17(26-13-15(3)4)12-24(23-18)16-10-8-7-9-11-16;/h7-12,15H,5-6,13-14,21H2,1-4H3,(H,22,25);1H. The number of ether oxygens (including phenoxy) is 1. The first kappa shape index (κ1) is 23.0. The molecule has 0 saturated carbocycles. The zero-order valence-electron chi connectivity index (χ0n) is 16.6. The quantitative estimate of drug-likeness (QED) is 0.681. The van der Waals surface area contributed by atoms with E-state index in [9.17, 15) is 4.79 Å². The number of nitrogens with one attached hydrogen (secondary N) is 1. The Labute approximate surface area is 167 Å². The second-order valence-electron chi connectivity index (χ2n) is 7.08. The van der Waals surface area contributed by atoms with Gasteiger partial charge in [0.15, 0.2) is 11.4 Å². The molecule has 1 heterocycles. The fraction of sp³-hybridized carbons (Fsp3) is 0.500. The van der Waals surface area contributed by atoms with E-state index in [4.69, 9.17) is 10.5 Å². The van der Waals surface area contributed by atoms with Crippen LogP contribution in [0.4, 0.5) is 0 Å². The van der Waals surface area contributed by atoms with Gasteiger partial charge in [-0.2, -0.15) is 5.10 Å². The van der Waals surface area contributed by atoms with Crippen molar-refractivity contribution in [2.45, 2.75) is 46.1 Å². The van der Waals surface area contributed by atoms with E-state index in [1.165, 1.54) is 0 Å². The molecule has 2 aromatic rings. The molecular weight excluding hydrogens is 364 g/mol. The van der Waals surface area contributed by atoms with E-state index in [0.717, 1.165) is 18.5 Å². The highest BCUT2D eigenvalue weighted by Gasteiger charge is 2.24. The summed E-state index contributed by atoms with van der Waals surface area (Å²) in [6.07, 6.45) is 3.33. The van der Waals surface area contributed by atoms with E-state index in [1.807, 2.05) is 44.2 Å². The summed E-state index contributed by atoms with van der Waals surface area (Å²) in [5, 5.41) is 7.36. The Bertz CT molecular complexity index is 712. The zero-order valence-corrected chi connectivity index (χ0v) is 17.4. The van der Waals surface area contributed by atoms with Crippen LogP contribution in [0.1, 0.15) is 51.0 Å². The molecule has 1 amide bonds. The smallest absolute Gasteiger partial charge is 0.275 e. The highest BCUT2D eigenvalue weighted by molar-refractivity contribution is 5.95. The van der Waals surface area contributed by atoms with Crippen LogP contribution in [0.2, 0.25) is 0 Å². The SMILES string of the molecule is CCC(N)(CC)CNC(=O)c1nn(-c2ccccc2)cc1OCC(C)C.Cl. The molecule has 2 rings (SSSR count). The van der Waals surface area contributed by atoms with Crippen molar-refractivity contribution in [1.82, 2.24) is 15.1 Å². The lowest BCUT2D eigenvalue weighted by molar-refractivity contribution is 0.0932. The van der Waals surface area contributed by atoms with E-state index in [0.29, 0.717) is 24.8 Å². The average molecular weight is 395 g/mol. The van der Waals surface area contributed by atoms with Crippen molar-refractivity contribution in [2.24, 2.45) is 11.7 Å². The highest BCUT2D eigenvalue weighted by atomic mass is 35.5. The highest BCUT2D eigenvalue weighted by Crippen LogP contribution is 2.21. The summed E-state index contributed by atoms with van der Waals surface area (Å²) >= 11 is 0. The van der Waals surface area contributed by atoms with E-state index in [-0.39, 0.29) is 24.0 Å². The van der Waals surface area contributed by atoms with Crippen molar-refractivity contribution in [1.29, 1.82) is 0 Å². The van der Waals surface area contributed by atoms with Crippen LogP contribution in [0, 0.1) is 5.92 Å². The fourth-order valence-corrected chi connectivity index (χ4v) is 2.43. The van der Waals surface area contributed by atoms with Crippen LogP contribution >= 0.6 is 12.4 Å². The molecule has 0 spiro atoms. The lowest BCUT2D eigenvalue weighted by Crippen LogP contribution is -2.49. The lowest BCUT2D eigenvalue weighted by Gasteiger charge is -2.26. The molecule has 0 atom stereocenters. The van der Waals surface area contributed by atoms with Gasteiger partial charge >= 0.3 is 0 Å². The maximum absolute atomic E-state index is 12.7. The number of amides is 1. The molecule has 0 aliphatic carbocycles. The van der Waals surface area contributed by atoms with Crippen molar-refractivity contribution in [3.8, 4) is 11.4 Å². The molecular formula is C20H31ClN4O2. The Balaban J connectivity index is 0.00000364. The van der Waals surface area contributed by atoms with E-state index in [1.54, 1.807) is 10.9 Å². The molecule has 3 N–H and O–H groups in total. The summed E-state index contributed by atoms with van der Waals surface area (Å²) in [4.78, 5) is 12.7. The van der Waals surface area contributed by atoms with Gasteiger partial charge in [-0.25, -0.2) is 4.68 Å². The molecule has 0 radical (unpaired) electrons. The Kier molecular flexibility index (Phi) is 8.79. The summed E-state index contributed by atoms with van der Waals surface area (Å²) in [5.74, 6) is 0.564. The molecule has 6 nitrogen and oxygen atoms in total. The van der Waals surface area contributed by atoms with Gasteiger partial charge < -0.3 is 15.8 Å². The third-order valence-corrected chi connectivity index (χ3v) is 4.50. The minimum atomic E-state index is -0.406. The Morgan fingerprint density at radius 2 is 1.89 bits per heavy atom. The summed E-state index contributed by atoms with van der Waals surface area (Å²) in [6.45, 7) is 9.10. The first-order chi connectivity index (χ1) is 12.4. The summed E-state index contributed by atoms with van der Waals surface area (Å²) in [7, 11) is 0. The summed E-state index contributed by atoms with van der Waals surface area (Å²) in [5.41, 5.74) is 7.03. The normalized spacial score (nSPS) is 11.2. The van der Waals surface area contributed by atoms with E-state index in [2.05, 4.69) is 24.3 Å². The van der Waals surface area contributed by atoms with Gasteiger partial charge in [0, 0.05) is 12.1 Å². The molecule has 27 heavy (non-hydrogen) atoms. The monoisotopic (exact) mass is 394 g/mol. The van der Waals surface area contributed by atoms with Gasteiger partial charge in [0.05, 0.1) is 18.5 Å². The Hall–Kier alpha value is -2.05. The first-order valence-electron chi connectivity index (χ1n) is 9.23. The number of nitrogens with two attached hydrogens (primary N) is 1. The molecule has 0 fully saturated rings. The molecule has 0 aliphatic heterocycles. The molecule has 0 aliphatic rings. The van der Waals surface area contributed by atoms with Crippen LogP contribution in [0.3, 0.4) is 0 Å². The number of carbonyl (C=O) groups is 1. The van der Waals surface area contributed by atoms with Crippen molar-refractivity contribution in [3.05, 3.63) is 42.2 Å². The predicted molar refractivity (Wildman–Crippen MR) is 111 cm³/mol. The van der Waals surface area contributed by atoms with Crippen molar-refractivity contribution in [2.75, 3.05) is 13.2 Å². The minimum absolute atomic E-state index is 0. The fourth-order valence-electron chi connectivity index (χ4n) is 2.43. The van der Waals surface area contributed by atoms with Crippen LogP contribution in [-0.4, -0.2) is 34.4 Å². The van der Waals surface area contributed by atoms with Crippen molar-refractivity contribution in [3.63, 3.8) is 0 Å². The van der Waals surface area contributed by atoms with E-state index < -0.39 is 5.54 Å². The second-order valence-corrected chi connectivity index (χ2v) is 7.08. The summed E-state index contributed by atoms with van der Waals surface area (Å²) < 4.78 is 7.50. The number of hydrogen-bond acceptors (Lipinski definition) is 4. The molecule has 7 heteroatoms. The van der Waals surface area contributed by atoms with Crippen LogP contribution < -0.4 is 15.8 Å². The number of rotatable bonds is 9. The number of hydrogen-bond donors (Lipinski definition) is 2. The number of benzene rings is 1. The first-order valence-corrected chi connectivity index (χ1v) is 9.23. The Morgan fingerprint density at radius 3 is 2.44 bits per heavy atom.